The fourth-order valence-corrected chi connectivity index (χ4v) is 2.92. The second kappa shape index (κ2) is 9.21. The van der Waals surface area contributed by atoms with Gasteiger partial charge < -0.3 is 18.9 Å². The molecule has 3 rings (SSSR count). The van der Waals surface area contributed by atoms with Gasteiger partial charge in [0.05, 0.1) is 18.8 Å². The number of ketones is 2. The van der Waals surface area contributed by atoms with Crippen LogP contribution in [0.1, 0.15) is 58.5 Å². The highest BCUT2D eigenvalue weighted by Crippen LogP contribution is 2.40. The van der Waals surface area contributed by atoms with Gasteiger partial charge in [0.15, 0.2) is 23.1 Å². The Kier molecular flexibility index (Phi) is 6.46. The molecule has 0 spiro atoms. The van der Waals surface area contributed by atoms with E-state index in [1.807, 2.05) is 6.92 Å². The number of ether oxygens (including phenoxy) is 4. The minimum absolute atomic E-state index is 0.0336. The number of carbonyl (C=O) groups is 4. The monoisotopic (exact) mass is 412 g/mol. The first-order valence-corrected chi connectivity index (χ1v) is 9.52. The molecule has 0 atom stereocenters. The molecule has 2 aromatic carbocycles. The molecule has 156 valence electrons. The van der Waals surface area contributed by atoms with Gasteiger partial charge in [-0.3, -0.25) is 9.59 Å². The first kappa shape index (κ1) is 21.0. The molecule has 0 aliphatic heterocycles. The summed E-state index contributed by atoms with van der Waals surface area (Å²) in [7, 11) is 0. The Morgan fingerprint density at radius 2 is 1.30 bits per heavy atom. The Morgan fingerprint density at radius 1 is 0.733 bits per heavy atom. The normalized spacial score (nSPS) is 11.9. The van der Waals surface area contributed by atoms with Gasteiger partial charge in [0.25, 0.3) is 0 Å². The van der Waals surface area contributed by atoms with Crippen LogP contribution in [0, 0.1) is 0 Å². The molecule has 8 nitrogen and oxygen atoms in total. The predicted octanol–water partition coefficient (Wildman–Crippen LogP) is 4.31. The zero-order valence-electron chi connectivity index (χ0n) is 16.6. The van der Waals surface area contributed by atoms with Gasteiger partial charge in [-0.25, -0.2) is 9.59 Å². The van der Waals surface area contributed by atoms with E-state index in [4.69, 9.17) is 18.9 Å². The third kappa shape index (κ3) is 4.17. The Labute approximate surface area is 172 Å². The maximum absolute atomic E-state index is 13.1. The average molecular weight is 412 g/mol. The lowest BCUT2D eigenvalue weighted by Crippen LogP contribution is -2.24. The van der Waals surface area contributed by atoms with Crippen molar-refractivity contribution in [1.82, 2.24) is 0 Å². The molecule has 0 N–H and O–H groups in total. The Balaban J connectivity index is 2.07. The summed E-state index contributed by atoms with van der Waals surface area (Å²) < 4.78 is 20.1. The molecule has 30 heavy (non-hydrogen) atoms. The molecule has 0 saturated heterocycles. The van der Waals surface area contributed by atoms with E-state index in [-0.39, 0.29) is 47.0 Å². The molecule has 0 bridgehead atoms. The maximum Gasteiger partial charge on any atom is 0.513 e. The molecule has 2 aromatic rings. The highest BCUT2D eigenvalue weighted by atomic mass is 16.7. The standard InChI is InChI=1S/C22H20O8/c1-3-11-27-21(25)29-16-10-9-15-17(20(16)30-22(26)28-12-4-2)19(24)14-8-6-5-7-13(14)18(15)23/h5-10H,3-4,11-12H2,1-2H3. The molecule has 0 radical (unpaired) electrons. The van der Waals surface area contributed by atoms with E-state index in [2.05, 4.69) is 0 Å². The van der Waals surface area contributed by atoms with Crippen LogP contribution < -0.4 is 9.47 Å². The molecule has 8 heteroatoms. The van der Waals surface area contributed by atoms with Gasteiger partial charge in [-0.15, -0.1) is 0 Å². The van der Waals surface area contributed by atoms with E-state index in [9.17, 15) is 19.2 Å². The quantitative estimate of drug-likeness (QED) is 0.436. The van der Waals surface area contributed by atoms with Crippen molar-refractivity contribution in [1.29, 1.82) is 0 Å². The summed E-state index contributed by atoms with van der Waals surface area (Å²) in [6.07, 6.45) is -0.982. The van der Waals surface area contributed by atoms with E-state index in [1.165, 1.54) is 18.2 Å². The fourth-order valence-electron chi connectivity index (χ4n) is 2.92. The lowest BCUT2D eigenvalue weighted by atomic mass is 9.83. The van der Waals surface area contributed by atoms with Gasteiger partial charge in [-0.2, -0.15) is 0 Å². The molecule has 0 amide bonds. The van der Waals surface area contributed by atoms with Gasteiger partial charge in [0.1, 0.15) is 0 Å². The van der Waals surface area contributed by atoms with Gasteiger partial charge in [-0.05, 0) is 25.0 Å². The Bertz CT molecular complexity index is 1010. The molecule has 1 aliphatic rings. The average Bonchev–Trinajstić information content (AvgIpc) is 2.75. The van der Waals surface area contributed by atoms with Crippen LogP contribution in [-0.4, -0.2) is 37.1 Å². The van der Waals surface area contributed by atoms with Crippen molar-refractivity contribution in [3.8, 4) is 11.5 Å². The first-order chi connectivity index (χ1) is 14.5. The molecular weight excluding hydrogens is 392 g/mol. The molecule has 0 aromatic heterocycles. The summed E-state index contributed by atoms with van der Waals surface area (Å²) in [6.45, 7) is 3.84. The van der Waals surface area contributed by atoms with Gasteiger partial charge in [0.2, 0.25) is 0 Å². The molecular formula is C22H20O8. The molecule has 0 unspecified atom stereocenters. The van der Waals surface area contributed by atoms with Crippen LogP contribution in [0.15, 0.2) is 36.4 Å². The molecule has 0 saturated carbocycles. The number of benzene rings is 2. The van der Waals surface area contributed by atoms with E-state index in [1.54, 1.807) is 25.1 Å². The van der Waals surface area contributed by atoms with Crippen LogP contribution in [-0.2, 0) is 9.47 Å². The van der Waals surface area contributed by atoms with Gasteiger partial charge in [-0.1, -0.05) is 38.1 Å². The number of hydrogen-bond acceptors (Lipinski definition) is 8. The van der Waals surface area contributed by atoms with E-state index >= 15 is 0 Å². The van der Waals surface area contributed by atoms with Crippen molar-refractivity contribution in [2.24, 2.45) is 0 Å². The van der Waals surface area contributed by atoms with Crippen molar-refractivity contribution in [3.05, 3.63) is 58.7 Å². The van der Waals surface area contributed by atoms with E-state index in [0.717, 1.165) is 0 Å². The Morgan fingerprint density at radius 3 is 1.90 bits per heavy atom. The Hall–Kier alpha value is -3.68. The largest absolute Gasteiger partial charge is 0.513 e. The second-order valence-electron chi connectivity index (χ2n) is 6.42. The number of rotatable bonds is 6. The summed E-state index contributed by atoms with van der Waals surface area (Å²) in [5.74, 6) is -1.54. The number of fused-ring (bicyclic) bond motifs is 2. The van der Waals surface area contributed by atoms with Crippen molar-refractivity contribution < 1.29 is 38.1 Å². The molecule has 1 aliphatic carbocycles. The smallest absolute Gasteiger partial charge is 0.434 e. The number of hydrogen-bond donors (Lipinski definition) is 0. The molecule has 0 fully saturated rings. The lowest BCUT2D eigenvalue weighted by Gasteiger charge is -2.21. The first-order valence-electron chi connectivity index (χ1n) is 9.52. The summed E-state index contributed by atoms with van der Waals surface area (Å²) in [5.41, 5.74) is 0.261. The summed E-state index contributed by atoms with van der Waals surface area (Å²) in [5, 5.41) is 0. The summed E-state index contributed by atoms with van der Waals surface area (Å²) >= 11 is 0. The highest BCUT2D eigenvalue weighted by Gasteiger charge is 2.35. The lowest BCUT2D eigenvalue weighted by molar-refractivity contribution is 0.0876. The van der Waals surface area contributed by atoms with Crippen LogP contribution in [0.25, 0.3) is 0 Å². The highest BCUT2D eigenvalue weighted by molar-refractivity contribution is 6.29. The third-order valence-electron chi connectivity index (χ3n) is 4.24. The predicted molar refractivity (Wildman–Crippen MR) is 104 cm³/mol. The van der Waals surface area contributed by atoms with E-state index < -0.39 is 23.9 Å². The van der Waals surface area contributed by atoms with Crippen LogP contribution in [0.4, 0.5) is 9.59 Å². The summed E-state index contributed by atoms with van der Waals surface area (Å²) in [4.78, 5) is 50.0. The molecule has 0 heterocycles. The van der Waals surface area contributed by atoms with Crippen LogP contribution >= 0.6 is 0 Å². The summed E-state index contributed by atoms with van der Waals surface area (Å²) in [6, 6.07) is 8.93. The fraction of sp³-hybridized carbons (Fsp3) is 0.273. The minimum atomic E-state index is -1.09. The topological polar surface area (TPSA) is 105 Å². The third-order valence-corrected chi connectivity index (χ3v) is 4.24. The SMILES string of the molecule is CCCOC(=O)Oc1ccc2c(c1OC(=O)OCCC)C(=O)c1ccccc1C2=O. The zero-order chi connectivity index (χ0) is 21.7. The van der Waals surface area contributed by atoms with Crippen molar-refractivity contribution >= 4 is 23.9 Å². The van der Waals surface area contributed by atoms with Crippen LogP contribution in [0.5, 0.6) is 11.5 Å². The zero-order valence-corrected chi connectivity index (χ0v) is 16.6. The maximum atomic E-state index is 13.1. The van der Waals surface area contributed by atoms with Gasteiger partial charge in [0, 0.05) is 16.7 Å². The van der Waals surface area contributed by atoms with E-state index in [0.29, 0.717) is 12.8 Å². The van der Waals surface area contributed by atoms with Gasteiger partial charge >= 0.3 is 12.3 Å². The number of carbonyl (C=O) groups excluding carboxylic acids is 4. The van der Waals surface area contributed by atoms with Crippen molar-refractivity contribution in [3.63, 3.8) is 0 Å². The van der Waals surface area contributed by atoms with Crippen LogP contribution in [0.2, 0.25) is 0 Å². The van der Waals surface area contributed by atoms with Crippen molar-refractivity contribution in [2.45, 2.75) is 26.7 Å². The minimum Gasteiger partial charge on any atom is -0.434 e. The van der Waals surface area contributed by atoms with Crippen molar-refractivity contribution in [2.75, 3.05) is 13.2 Å². The second-order valence-corrected chi connectivity index (χ2v) is 6.42. The van der Waals surface area contributed by atoms with Crippen LogP contribution in [0.3, 0.4) is 0 Å².